The molecule has 6 nitrogen and oxygen atoms in total. The molecule has 0 aromatic carbocycles. The fraction of sp³-hybridized carbons (Fsp3) is 0.438. The Hall–Kier alpha value is -1.99. The average Bonchev–Trinajstić information content (AvgIpc) is 2.94. The van der Waals surface area contributed by atoms with Crippen LogP contribution in [0.1, 0.15) is 26.6 Å². The zero-order chi connectivity index (χ0) is 16.4. The van der Waals surface area contributed by atoms with Crippen molar-refractivity contribution in [2.24, 2.45) is 0 Å². The number of carboxylic acids is 1. The minimum atomic E-state index is -0.923. The molecule has 0 spiro atoms. The van der Waals surface area contributed by atoms with E-state index in [4.69, 9.17) is 0 Å². The number of fused-ring (bicyclic) bond motifs is 1. The summed E-state index contributed by atoms with van der Waals surface area (Å²) in [5, 5.41) is 12.5. The first kappa shape index (κ1) is 15.9. The molecule has 0 unspecified atom stereocenters. The second-order valence-corrected chi connectivity index (χ2v) is 6.85. The molecule has 23 heavy (non-hydrogen) atoms. The summed E-state index contributed by atoms with van der Waals surface area (Å²) in [7, 11) is 3.65. The van der Waals surface area contributed by atoms with Crippen molar-refractivity contribution in [1.29, 1.82) is 0 Å². The first-order valence-electron chi connectivity index (χ1n) is 7.58. The van der Waals surface area contributed by atoms with Gasteiger partial charge in [0.2, 0.25) is 0 Å². The molecule has 0 amide bonds. The van der Waals surface area contributed by atoms with Crippen LogP contribution >= 0.6 is 11.3 Å². The first-order valence-corrected chi connectivity index (χ1v) is 8.46. The Bertz CT molecular complexity index is 700. The van der Waals surface area contributed by atoms with Crippen molar-refractivity contribution in [3.8, 4) is 0 Å². The van der Waals surface area contributed by atoms with E-state index in [2.05, 4.69) is 14.9 Å². The molecule has 3 rings (SSSR count). The van der Waals surface area contributed by atoms with Crippen LogP contribution in [0.4, 0.5) is 5.82 Å². The molecule has 0 radical (unpaired) electrons. The van der Waals surface area contributed by atoms with Crippen LogP contribution in [0.5, 0.6) is 0 Å². The summed E-state index contributed by atoms with van der Waals surface area (Å²) in [6.45, 7) is 2.66. The highest BCUT2D eigenvalue weighted by Gasteiger charge is 2.21. The summed E-state index contributed by atoms with van der Waals surface area (Å²) in [6.07, 6.45) is 3.49. The number of carboxylic acid groups (broad SMARTS) is 1. The van der Waals surface area contributed by atoms with Gasteiger partial charge in [0.25, 0.3) is 0 Å². The van der Waals surface area contributed by atoms with E-state index in [1.165, 1.54) is 0 Å². The van der Waals surface area contributed by atoms with Gasteiger partial charge in [0, 0.05) is 50.9 Å². The molecule has 1 aliphatic rings. The van der Waals surface area contributed by atoms with Gasteiger partial charge in [-0.15, -0.1) is 11.3 Å². The molecule has 0 bridgehead atoms. The summed E-state index contributed by atoms with van der Waals surface area (Å²) in [5.41, 5.74) is 2.34. The van der Waals surface area contributed by atoms with E-state index >= 15 is 0 Å². The van der Waals surface area contributed by atoms with Crippen molar-refractivity contribution in [3.63, 3.8) is 0 Å². The minimum Gasteiger partial charge on any atom is -0.478 e. The largest absolute Gasteiger partial charge is 0.478 e. The Labute approximate surface area is 139 Å². The Morgan fingerprint density at radius 1 is 1.39 bits per heavy atom. The SMILES string of the molecule is CN(C)c1nc2c(cc1C(=O)O)CCN(Cc1nccs1)CC2. The van der Waals surface area contributed by atoms with Gasteiger partial charge in [0.05, 0.1) is 6.54 Å². The lowest BCUT2D eigenvalue weighted by atomic mass is 10.1. The van der Waals surface area contributed by atoms with Gasteiger partial charge in [-0.25, -0.2) is 14.8 Å². The zero-order valence-corrected chi connectivity index (χ0v) is 14.1. The molecule has 0 saturated heterocycles. The number of aromatic nitrogens is 2. The smallest absolute Gasteiger partial charge is 0.339 e. The highest BCUT2D eigenvalue weighted by atomic mass is 32.1. The van der Waals surface area contributed by atoms with Crippen LogP contribution in [-0.2, 0) is 19.4 Å². The third kappa shape index (κ3) is 3.51. The lowest BCUT2D eigenvalue weighted by Crippen LogP contribution is -2.25. The normalized spacial score (nSPS) is 15.0. The summed E-state index contributed by atoms with van der Waals surface area (Å²) in [5.74, 6) is -0.391. The third-order valence-corrected chi connectivity index (χ3v) is 4.79. The molecule has 3 heterocycles. The first-order chi connectivity index (χ1) is 11.0. The summed E-state index contributed by atoms with van der Waals surface area (Å²) in [6, 6.07) is 1.80. The van der Waals surface area contributed by atoms with E-state index < -0.39 is 5.97 Å². The summed E-state index contributed by atoms with van der Waals surface area (Å²) < 4.78 is 0. The fourth-order valence-electron chi connectivity index (χ4n) is 2.85. The van der Waals surface area contributed by atoms with Crippen molar-refractivity contribution in [3.05, 3.63) is 39.5 Å². The van der Waals surface area contributed by atoms with Crippen molar-refractivity contribution in [1.82, 2.24) is 14.9 Å². The van der Waals surface area contributed by atoms with Gasteiger partial charge in [-0.05, 0) is 18.1 Å². The maximum Gasteiger partial charge on any atom is 0.339 e. The molecule has 0 aliphatic carbocycles. The van der Waals surface area contributed by atoms with Crippen LogP contribution in [0, 0.1) is 0 Å². The Kier molecular flexibility index (Phi) is 4.58. The fourth-order valence-corrected chi connectivity index (χ4v) is 3.51. The number of carbonyl (C=O) groups is 1. The topological polar surface area (TPSA) is 69.6 Å². The predicted molar refractivity (Wildman–Crippen MR) is 90.3 cm³/mol. The highest BCUT2D eigenvalue weighted by molar-refractivity contribution is 7.09. The summed E-state index contributed by atoms with van der Waals surface area (Å²) in [4.78, 5) is 24.6. The molecule has 2 aromatic heterocycles. The number of nitrogens with zero attached hydrogens (tertiary/aromatic N) is 4. The minimum absolute atomic E-state index is 0.280. The zero-order valence-electron chi connectivity index (χ0n) is 13.3. The van der Waals surface area contributed by atoms with Gasteiger partial charge < -0.3 is 10.0 Å². The van der Waals surface area contributed by atoms with Crippen molar-refractivity contribution in [2.75, 3.05) is 32.1 Å². The van der Waals surface area contributed by atoms with Crippen LogP contribution in [0.15, 0.2) is 17.6 Å². The van der Waals surface area contributed by atoms with Gasteiger partial charge in [0.1, 0.15) is 16.4 Å². The van der Waals surface area contributed by atoms with Crippen LogP contribution in [0.2, 0.25) is 0 Å². The molecule has 7 heteroatoms. The molecular weight excluding hydrogens is 312 g/mol. The lowest BCUT2D eigenvalue weighted by Gasteiger charge is -2.17. The van der Waals surface area contributed by atoms with Crippen LogP contribution in [-0.4, -0.2) is 53.1 Å². The third-order valence-electron chi connectivity index (χ3n) is 4.03. The number of hydrogen-bond acceptors (Lipinski definition) is 6. The lowest BCUT2D eigenvalue weighted by molar-refractivity contribution is 0.0697. The molecule has 1 N–H and O–H groups in total. The van der Waals surface area contributed by atoms with Gasteiger partial charge in [-0.2, -0.15) is 0 Å². The number of hydrogen-bond donors (Lipinski definition) is 1. The second kappa shape index (κ2) is 6.64. The quantitative estimate of drug-likeness (QED) is 0.922. The van der Waals surface area contributed by atoms with Crippen molar-refractivity contribution >= 4 is 23.1 Å². The van der Waals surface area contributed by atoms with E-state index in [0.717, 1.165) is 48.7 Å². The number of pyridine rings is 1. The van der Waals surface area contributed by atoms with Crippen LogP contribution in [0.25, 0.3) is 0 Å². The molecule has 2 aromatic rings. The Morgan fingerprint density at radius 3 is 2.83 bits per heavy atom. The van der Waals surface area contributed by atoms with Crippen LogP contribution < -0.4 is 4.90 Å². The Balaban J connectivity index is 1.83. The maximum atomic E-state index is 11.5. The standard InChI is InChI=1S/C16H20N4O2S/c1-19(2)15-12(16(21)22)9-11-3-6-20(7-4-13(11)18-15)10-14-17-5-8-23-14/h5,8-9H,3-4,6-7,10H2,1-2H3,(H,21,22). The maximum absolute atomic E-state index is 11.5. The van der Waals surface area contributed by atoms with Gasteiger partial charge in [-0.1, -0.05) is 0 Å². The average molecular weight is 332 g/mol. The van der Waals surface area contributed by atoms with E-state index in [9.17, 15) is 9.90 Å². The monoisotopic (exact) mass is 332 g/mol. The van der Waals surface area contributed by atoms with Crippen molar-refractivity contribution < 1.29 is 9.90 Å². The number of thiazole rings is 1. The van der Waals surface area contributed by atoms with E-state index in [1.807, 2.05) is 25.7 Å². The number of aromatic carboxylic acids is 1. The number of anilines is 1. The molecule has 0 fully saturated rings. The van der Waals surface area contributed by atoms with E-state index in [0.29, 0.717) is 5.82 Å². The molecule has 1 aliphatic heterocycles. The predicted octanol–water partition coefficient (Wildman–Crippen LogP) is 1.90. The van der Waals surface area contributed by atoms with Gasteiger partial charge in [-0.3, -0.25) is 4.90 Å². The molecule has 122 valence electrons. The second-order valence-electron chi connectivity index (χ2n) is 5.87. The van der Waals surface area contributed by atoms with Crippen LogP contribution in [0.3, 0.4) is 0 Å². The highest BCUT2D eigenvalue weighted by Crippen LogP contribution is 2.24. The molecular formula is C16H20N4O2S. The molecule has 0 saturated carbocycles. The Morgan fingerprint density at radius 2 is 2.17 bits per heavy atom. The number of rotatable bonds is 4. The van der Waals surface area contributed by atoms with Gasteiger partial charge in [0.15, 0.2) is 0 Å². The molecule has 0 atom stereocenters. The van der Waals surface area contributed by atoms with Gasteiger partial charge >= 0.3 is 5.97 Å². The van der Waals surface area contributed by atoms with E-state index in [1.54, 1.807) is 22.3 Å². The summed E-state index contributed by atoms with van der Waals surface area (Å²) >= 11 is 1.67. The van der Waals surface area contributed by atoms with E-state index in [-0.39, 0.29) is 5.56 Å². The van der Waals surface area contributed by atoms with Crippen molar-refractivity contribution in [2.45, 2.75) is 19.4 Å².